The van der Waals surface area contributed by atoms with Gasteiger partial charge in [-0.2, -0.15) is 17.5 Å². The lowest BCUT2D eigenvalue weighted by atomic mass is 9.95. The maximum Gasteiger partial charge on any atom is 0.421 e. The van der Waals surface area contributed by atoms with Crippen molar-refractivity contribution in [1.82, 2.24) is 9.21 Å². The molecule has 4 atom stereocenters. The Morgan fingerprint density at radius 3 is 2.34 bits per heavy atom. The summed E-state index contributed by atoms with van der Waals surface area (Å²) in [6, 6.07) is 5.47. The first-order valence-corrected chi connectivity index (χ1v) is 14.7. The first-order chi connectivity index (χ1) is 17.9. The Hall–Kier alpha value is -1.83. The van der Waals surface area contributed by atoms with Crippen molar-refractivity contribution in [3.63, 3.8) is 0 Å². The van der Waals surface area contributed by atoms with Gasteiger partial charge in [-0.05, 0) is 43.5 Å². The summed E-state index contributed by atoms with van der Waals surface area (Å²) in [5, 5.41) is 10.1. The third kappa shape index (κ3) is 5.31. The van der Waals surface area contributed by atoms with Crippen LogP contribution in [0.1, 0.15) is 31.7 Å². The number of rotatable bonds is 6. The molecule has 7 nitrogen and oxygen atoms in total. The molecule has 2 bridgehead atoms. The molecular formula is C26H32F3N3O4S2. The molecule has 3 fully saturated rings. The Morgan fingerprint density at radius 1 is 1.08 bits per heavy atom. The second kappa shape index (κ2) is 10.3. The monoisotopic (exact) mass is 571 g/mol. The number of halogens is 3. The highest BCUT2D eigenvalue weighted by molar-refractivity contribution is 7.96. The zero-order valence-corrected chi connectivity index (χ0v) is 22.7. The van der Waals surface area contributed by atoms with E-state index in [-0.39, 0.29) is 41.8 Å². The minimum Gasteiger partial charge on any atom is -0.376 e. The number of anilines is 1. The van der Waals surface area contributed by atoms with Gasteiger partial charge in [-0.1, -0.05) is 36.5 Å². The quantitative estimate of drug-likeness (QED) is 0.525. The van der Waals surface area contributed by atoms with E-state index in [0.29, 0.717) is 30.1 Å². The fraction of sp³-hybridized carbons (Fsp3) is 0.577. The van der Waals surface area contributed by atoms with Gasteiger partial charge in [0.2, 0.25) is 10.0 Å². The number of benzene rings is 1. The predicted molar refractivity (Wildman–Crippen MR) is 142 cm³/mol. The molecule has 4 aliphatic rings. The third-order valence-corrected chi connectivity index (χ3v) is 10.4. The summed E-state index contributed by atoms with van der Waals surface area (Å²) in [7, 11) is -3.79. The number of piperazine rings is 1. The Morgan fingerprint density at radius 2 is 1.74 bits per heavy atom. The molecule has 3 unspecified atom stereocenters. The molecule has 1 aromatic rings. The number of ether oxygens (including phenoxy) is 1. The first kappa shape index (κ1) is 27.7. The van der Waals surface area contributed by atoms with Crippen LogP contribution in [0.15, 0.2) is 47.4 Å². The number of morpholine rings is 1. The van der Waals surface area contributed by atoms with Crippen LogP contribution in [0, 0.1) is 0 Å². The van der Waals surface area contributed by atoms with Crippen molar-refractivity contribution >= 4 is 32.8 Å². The fourth-order valence-corrected chi connectivity index (χ4v) is 7.79. The smallest absolute Gasteiger partial charge is 0.376 e. The van der Waals surface area contributed by atoms with Gasteiger partial charge in [-0.25, -0.2) is 8.42 Å². The van der Waals surface area contributed by atoms with Gasteiger partial charge in [-0.15, -0.1) is 0 Å². The topological polar surface area (TPSA) is 73.3 Å². The van der Waals surface area contributed by atoms with Crippen molar-refractivity contribution < 1.29 is 31.4 Å². The molecule has 0 radical (unpaired) electrons. The number of sulfonamides is 1. The number of aliphatic hydroxyl groups is 1. The molecule has 0 saturated carbocycles. The van der Waals surface area contributed by atoms with E-state index in [9.17, 15) is 26.7 Å². The molecule has 208 valence electrons. The van der Waals surface area contributed by atoms with Crippen molar-refractivity contribution in [3.8, 4) is 0 Å². The van der Waals surface area contributed by atoms with E-state index >= 15 is 0 Å². The van der Waals surface area contributed by atoms with Gasteiger partial charge in [0.05, 0.1) is 23.2 Å². The highest BCUT2D eigenvalue weighted by Crippen LogP contribution is 2.39. The Kier molecular flexibility index (Phi) is 7.51. The Balaban J connectivity index is 1.40. The van der Waals surface area contributed by atoms with Gasteiger partial charge in [0.15, 0.2) is 5.60 Å². The minimum absolute atomic E-state index is 0.158. The summed E-state index contributed by atoms with van der Waals surface area (Å²) in [6.07, 6.45) is 3.05. The highest BCUT2D eigenvalue weighted by Gasteiger charge is 2.51. The largest absolute Gasteiger partial charge is 0.421 e. The van der Waals surface area contributed by atoms with Crippen LogP contribution >= 0.6 is 12.2 Å². The minimum atomic E-state index is -4.81. The SMILES string of the molecule is CC(O)(c1ccc(N2CCN(S(=O)(=O)C3=CC=CCC3=S)C[C@H]2CN2CC3CCC(C2)O3)cc1)C(F)(F)F. The second-order valence-electron chi connectivity index (χ2n) is 10.6. The molecule has 38 heavy (non-hydrogen) atoms. The first-order valence-electron chi connectivity index (χ1n) is 12.8. The van der Waals surface area contributed by atoms with Gasteiger partial charge < -0.3 is 14.7 Å². The molecule has 0 spiro atoms. The van der Waals surface area contributed by atoms with Gasteiger partial charge in [0.25, 0.3) is 0 Å². The number of alkyl halides is 3. The second-order valence-corrected chi connectivity index (χ2v) is 13.0. The van der Waals surface area contributed by atoms with E-state index in [1.807, 2.05) is 6.08 Å². The average molecular weight is 572 g/mol. The molecule has 12 heteroatoms. The fourth-order valence-electron chi connectivity index (χ4n) is 5.72. The van der Waals surface area contributed by atoms with Crippen LogP contribution in [0.2, 0.25) is 0 Å². The number of allylic oxidation sites excluding steroid dienone is 4. The normalized spacial score (nSPS) is 28.9. The van der Waals surface area contributed by atoms with Gasteiger partial charge >= 0.3 is 6.18 Å². The van der Waals surface area contributed by atoms with Gasteiger partial charge in [0, 0.05) is 56.2 Å². The van der Waals surface area contributed by atoms with E-state index in [2.05, 4.69) is 9.80 Å². The molecule has 0 amide bonds. The number of thiocarbonyl (C=S) groups is 1. The lowest BCUT2D eigenvalue weighted by Gasteiger charge is -2.45. The van der Waals surface area contributed by atoms with E-state index in [1.54, 1.807) is 24.3 Å². The van der Waals surface area contributed by atoms with E-state index in [1.165, 1.54) is 16.4 Å². The van der Waals surface area contributed by atoms with E-state index in [0.717, 1.165) is 32.9 Å². The number of nitrogens with zero attached hydrogens (tertiary/aromatic N) is 3. The maximum atomic E-state index is 13.5. The zero-order valence-electron chi connectivity index (χ0n) is 21.1. The van der Waals surface area contributed by atoms with E-state index < -0.39 is 21.8 Å². The summed E-state index contributed by atoms with van der Waals surface area (Å²) < 4.78 is 74.6. The Bertz CT molecular complexity index is 1220. The standard InChI is InChI=1S/C26H32F3N3O4S2/c1-25(33,26(27,28)29)18-6-8-19(9-7-18)32-13-12-31(38(34,35)24-5-3-2-4-23(24)37)15-20(32)14-30-16-21-10-11-22(17-30)36-21/h2-3,5-9,20-22,33H,4,10-17H2,1H3/t20-,21?,22?,25?/m1/s1. The molecule has 0 aromatic heterocycles. The molecule has 1 aromatic carbocycles. The van der Waals surface area contributed by atoms with Crippen LogP contribution < -0.4 is 4.90 Å². The lowest BCUT2D eigenvalue weighted by Crippen LogP contribution is -2.60. The van der Waals surface area contributed by atoms with Crippen LogP contribution in [-0.2, 0) is 20.4 Å². The molecule has 3 heterocycles. The summed E-state index contributed by atoms with van der Waals surface area (Å²) in [5.74, 6) is 0. The number of likely N-dealkylation sites (tertiary alicyclic amines) is 1. The van der Waals surface area contributed by atoms with Crippen LogP contribution in [0.3, 0.4) is 0 Å². The summed E-state index contributed by atoms with van der Waals surface area (Å²) in [4.78, 5) is 4.91. The number of hydrogen-bond donors (Lipinski definition) is 1. The van der Waals surface area contributed by atoms with Crippen molar-refractivity contribution in [3.05, 3.63) is 53.0 Å². The highest BCUT2D eigenvalue weighted by atomic mass is 32.2. The number of fused-ring (bicyclic) bond motifs is 2. The number of hydrogen-bond acceptors (Lipinski definition) is 7. The van der Waals surface area contributed by atoms with E-state index in [4.69, 9.17) is 17.0 Å². The molecule has 5 rings (SSSR count). The van der Waals surface area contributed by atoms with Gasteiger partial charge in [-0.3, -0.25) is 4.90 Å². The van der Waals surface area contributed by atoms with Crippen LogP contribution in [0.25, 0.3) is 0 Å². The Labute approximate surface area is 226 Å². The molecule has 1 aliphatic carbocycles. The lowest BCUT2D eigenvalue weighted by molar-refractivity contribution is -0.258. The van der Waals surface area contributed by atoms with Crippen molar-refractivity contribution in [2.24, 2.45) is 0 Å². The summed E-state index contributed by atoms with van der Waals surface area (Å²) >= 11 is 5.35. The van der Waals surface area contributed by atoms with Crippen molar-refractivity contribution in [2.45, 2.75) is 56.2 Å². The van der Waals surface area contributed by atoms with Crippen molar-refractivity contribution in [2.75, 3.05) is 44.2 Å². The maximum absolute atomic E-state index is 13.5. The van der Waals surface area contributed by atoms with Crippen LogP contribution in [0.5, 0.6) is 0 Å². The van der Waals surface area contributed by atoms with Crippen molar-refractivity contribution in [1.29, 1.82) is 0 Å². The average Bonchev–Trinajstić information content (AvgIpc) is 3.21. The molecule has 3 aliphatic heterocycles. The molecular weight excluding hydrogens is 539 g/mol. The van der Waals surface area contributed by atoms with Gasteiger partial charge in [0.1, 0.15) is 0 Å². The molecule has 1 N–H and O–H groups in total. The predicted octanol–water partition coefficient (Wildman–Crippen LogP) is 3.35. The van der Waals surface area contributed by atoms with Crippen LogP contribution in [0.4, 0.5) is 18.9 Å². The van der Waals surface area contributed by atoms with Crippen LogP contribution in [-0.4, -0.2) is 91.3 Å². The zero-order chi connectivity index (χ0) is 27.3. The molecule has 3 saturated heterocycles. The summed E-state index contributed by atoms with van der Waals surface area (Å²) in [5.41, 5.74) is -2.53. The third-order valence-electron chi connectivity index (χ3n) is 7.93. The summed E-state index contributed by atoms with van der Waals surface area (Å²) in [6.45, 7) is 3.67.